The van der Waals surface area contributed by atoms with Crippen molar-refractivity contribution in [1.29, 1.82) is 0 Å². The van der Waals surface area contributed by atoms with E-state index < -0.39 is 10.0 Å². The Morgan fingerprint density at radius 2 is 1.85 bits per heavy atom. The lowest BCUT2D eigenvalue weighted by Gasteiger charge is -2.16. The van der Waals surface area contributed by atoms with Crippen LogP contribution < -0.4 is 10.0 Å². The van der Waals surface area contributed by atoms with Crippen molar-refractivity contribution >= 4 is 21.4 Å². The summed E-state index contributed by atoms with van der Waals surface area (Å²) in [5.41, 5.74) is 1.54. The van der Waals surface area contributed by atoms with Gasteiger partial charge < -0.3 is 5.32 Å². The molecule has 0 aliphatic carbocycles. The monoisotopic (exact) mass is 298 g/mol. The lowest BCUT2D eigenvalue weighted by Crippen LogP contribution is -2.15. The maximum atomic E-state index is 11.2. The second-order valence-corrected chi connectivity index (χ2v) is 7.10. The van der Waals surface area contributed by atoms with Crippen LogP contribution in [0.15, 0.2) is 24.3 Å². The Morgan fingerprint density at radius 3 is 2.50 bits per heavy atom. The maximum Gasteiger partial charge on any atom is 0.229 e. The average molecular weight is 298 g/mol. The van der Waals surface area contributed by atoms with Crippen molar-refractivity contribution in [3.8, 4) is 0 Å². The predicted molar refractivity (Wildman–Crippen MR) is 86.8 cm³/mol. The van der Waals surface area contributed by atoms with Gasteiger partial charge in [-0.2, -0.15) is 0 Å². The maximum absolute atomic E-state index is 11.2. The van der Waals surface area contributed by atoms with Gasteiger partial charge in [-0.05, 0) is 31.5 Å². The van der Waals surface area contributed by atoms with Crippen molar-refractivity contribution in [2.24, 2.45) is 0 Å². The molecule has 1 aromatic carbocycles. The van der Waals surface area contributed by atoms with Crippen LogP contribution in [0, 0.1) is 0 Å². The Morgan fingerprint density at radius 1 is 1.15 bits per heavy atom. The smallest absolute Gasteiger partial charge is 0.229 e. The average Bonchev–Trinajstić information content (AvgIpc) is 2.33. The van der Waals surface area contributed by atoms with E-state index >= 15 is 0 Å². The van der Waals surface area contributed by atoms with E-state index in [1.54, 1.807) is 6.07 Å². The Bertz CT molecular complexity index is 500. The summed E-state index contributed by atoms with van der Waals surface area (Å²) in [5, 5.41) is 3.41. The van der Waals surface area contributed by atoms with Gasteiger partial charge in [0.2, 0.25) is 10.0 Å². The van der Waals surface area contributed by atoms with Gasteiger partial charge in [-0.1, -0.05) is 38.7 Å². The largest absolute Gasteiger partial charge is 0.383 e. The Kier molecular flexibility index (Phi) is 6.85. The van der Waals surface area contributed by atoms with Crippen molar-refractivity contribution in [3.63, 3.8) is 0 Å². The fourth-order valence-corrected chi connectivity index (χ4v) is 2.68. The summed E-state index contributed by atoms with van der Waals surface area (Å²) in [4.78, 5) is 0. The molecule has 4 nitrogen and oxygen atoms in total. The van der Waals surface area contributed by atoms with Crippen LogP contribution in [0.2, 0.25) is 0 Å². The van der Waals surface area contributed by atoms with Gasteiger partial charge in [0, 0.05) is 11.7 Å². The number of anilines is 2. The Labute approximate surface area is 123 Å². The van der Waals surface area contributed by atoms with Crippen molar-refractivity contribution in [2.75, 3.05) is 16.3 Å². The number of benzene rings is 1. The molecule has 0 saturated carbocycles. The van der Waals surface area contributed by atoms with E-state index in [1.165, 1.54) is 25.7 Å². The second kappa shape index (κ2) is 8.15. The minimum atomic E-state index is -3.22. The molecule has 1 aromatic rings. The summed E-state index contributed by atoms with van der Waals surface area (Å²) in [6.07, 6.45) is 7.33. The molecule has 0 radical (unpaired) electrons. The van der Waals surface area contributed by atoms with E-state index in [9.17, 15) is 8.42 Å². The van der Waals surface area contributed by atoms with Crippen LogP contribution in [-0.2, 0) is 10.0 Å². The number of hydrogen-bond donors (Lipinski definition) is 2. The summed E-state index contributed by atoms with van der Waals surface area (Å²) >= 11 is 0. The van der Waals surface area contributed by atoms with Gasteiger partial charge in [-0.15, -0.1) is 0 Å². The first-order valence-electron chi connectivity index (χ1n) is 7.25. The van der Waals surface area contributed by atoms with Crippen molar-refractivity contribution in [3.05, 3.63) is 24.3 Å². The van der Waals surface area contributed by atoms with E-state index in [0.717, 1.165) is 18.4 Å². The molecule has 0 aliphatic rings. The van der Waals surface area contributed by atoms with Crippen LogP contribution in [0.25, 0.3) is 0 Å². The fourth-order valence-electron chi connectivity index (χ4n) is 2.12. The molecular weight excluding hydrogens is 272 g/mol. The molecule has 5 heteroatoms. The summed E-state index contributed by atoms with van der Waals surface area (Å²) in [6.45, 7) is 4.37. The van der Waals surface area contributed by atoms with Crippen LogP contribution in [0.5, 0.6) is 0 Å². The van der Waals surface area contributed by atoms with E-state index in [4.69, 9.17) is 0 Å². The van der Waals surface area contributed by atoms with Gasteiger partial charge in [0.15, 0.2) is 0 Å². The lowest BCUT2D eigenvalue weighted by molar-refractivity contribution is 0.594. The molecule has 0 bridgehead atoms. The number of unbranched alkanes of at least 4 members (excludes halogenated alkanes) is 3. The van der Waals surface area contributed by atoms with Crippen LogP contribution >= 0.6 is 0 Å². The van der Waals surface area contributed by atoms with Gasteiger partial charge in [0.25, 0.3) is 0 Å². The molecule has 20 heavy (non-hydrogen) atoms. The molecule has 0 aromatic heterocycles. The third kappa shape index (κ3) is 7.38. The molecule has 0 saturated heterocycles. The fraction of sp³-hybridized carbons (Fsp3) is 0.600. The number of sulfonamides is 1. The minimum Gasteiger partial charge on any atom is -0.383 e. The van der Waals surface area contributed by atoms with Crippen LogP contribution in [-0.4, -0.2) is 20.7 Å². The molecular formula is C15H26N2O2S. The number of nitrogens with one attached hydrogen (secondary N) is 2. The molecule has 0 spiro atoms. The molecule has 0 amide bonds. The first-order valence-corrected chi connectivity index (χ1v) is 9.14. The number of hydrogen-bond acceptors (Lipinski definition) is 3. The normalized spacial score (nSPS) is 12.9. The summed E-state index contributed by atoms with van der Waals surface area (Å²) < 4.78 is 24.9. The molecule has 0 aliphatic heterocycles. The third-order valence-corrected chi connectivity index (χ3v) is 3.68. The van der Waals surface area contributed by atoms with Crippen molar-refractivity contribution in [1.82, 2.24) is 0 Å². The Hall–Kier alpha value is -1.23. The zero-order chi connectivity index (χ0) is 15.0. The van der Waals surface area contributed by atoms with Crippen LogP contribution in [0.1, 0.15) is 46.0 Å². The Balaban J connectivity index is 2.49. The molecule has 0 fully saturated rings. The quantitative estimate of drug-likeness (QED) is 0.681. The van der Waals surface area contributed by atoms with Gasteiger partial charge in [-0.3, -0.25) is 4.72 Å². The van der Waals surface area contributed by atoms with Crippen LogP contribution in [0.4, 0.5) is 11.4 Å². The van der Waals surface area contributed by atoms with Gasteiger partial charge in [0.1, 0.15) is 0 Å². The zero-order valence-electron chi connectivity index (χ0n) is 12.6. The second-order valence-electron chi connectivity index (χ2n) is 5.35. The number of rotatable bonds is 9. The lowest BCUT2D eigenvalue weighted by atomic mass is 10.1. The van der Waals surface area contributed by atoms with Crippen molar-refractivity contribution in [2.45, 2.75) is 52.0 Å². The van der Waals surface area contributed by atoms with E-state index in [1.807, 2.05) is 18.2 Å². The summed E-state index contributed by atoms with van der Waals surface area (Å²) in [6, 6.07) is 7.76. The highest BCUT2D eigenvalue weighted by molar-refractivity contribution is 7.92. The summed E-state index contributed by atoms with van der Waals surface area (Å²) in [5.74, 6) is 0. The predicted octanol–water partition coefficient (Wildman–Crippen LogP) is 3.83. The molecule has 1 atom stereocenters. The van der Waals surface area contributed by atoms with Gasteiger partial charge >= 0.3 is 0 Å². The summed E-state index contributed by atoms with van der Waals surface area (Å²) in [7, 11) is -3.22. The standard InChI is InChI=1S/C15H26N2O2S/c1-4-5-6-7-9-13(2)16-14-10-8-11-15(12-14)17-20(3,18)19/h8,10-13,16-17H,4-7,9H2,1-3H3. The highest BCUT2D eigenvalue weighted by Gasteiger charge is 2.05. The molecule has 114 valence electrons. The molecule has 1 unspecified atom stereocenters. The first-order chi connectivity index (χ1) is 9.40. The zero-order valence-corrected chi connectivity index (χ0v) is 13.5. The van der Waals surface area contributed by atoms with Crippen molar-refractivity contribution < 1.29 is 8.42 Å². The third-order valence-electron chi connectivity index (χ3n) is 3.07. The van der Waals surface area contributed by atoms with E-state index in [2.05, 4.69) is 23.9 Å². The molecule has 2 N–H and O–H groups in total. The molecule has 0 heterocycles. The molecule has 1 rings (SSSR count). The van der Waals surface area contributed by atoms with E-state index in [0.29, 0.717) is 11.7 Å². The van der Waals surface area contributed by atoms with E-state index in [-0.39, 0.29) is 0 Å². The first kappa shape index (κ1) is 16.8. The SMILES string of the molecule is CCCCCCC(C)Nc1cccc(NS(C)(=O)=O)c1. The highest BCUT2D eigenvalue weighted by Crippen LogP contribution is 2.18. The van der Waals surface area contributed by atoms with Gasteiger partial charge in [-0.25, -0.2) is 8.42 Å². The minimum absolute atomic E-state index is 0.389. The van der Waals surface area contributed by atoms with Crippen LogP contribution in [0.3, 0.4) is 0 Å². The highest BCUT2D eigenvalue weighted by atomic mass is 32.2. The van der Waals surface area contributed by atoms with Gasteiger partial charge in [0.05, 0.1) is 11.9 Å². The topological polar surface area (TPSA) is 58.2 Å².